The van der Waals surface area contributed by atoms with Crippen LogP contribution in [-0.2, 0) is 19.6 Å². The molecule has 1 fully saturated rings. The standard InChI is InChI=1S/C15H23N3O4S/c16-6-7-17-23(20,21)14-3-1-2-13(11-14)18-15(19)10-12-4-8-22-9-5-12/h1-3,11-12,17H,4-10,16H2,(H,18,19). The van der Waals surface area contributed by atoms with Crippen LogP contribution in [0.1, 0.15) is 19.3 Å². The van der Waals surface area contributed by atoms with Gasteiger partial charge in [-0.05, 0) is 37.0 Å². The summed E-state index contributed by atoms with van der Waals surface area (Å²) in [6.07, 6.45) is 2.18. The molecule has 4 N–H and O–H groups in total. The topological polar surface area (TPSA) is 111 Å². The Kier molecular flexibility index (Phi) is 6.52. The quantitative estimate of drug-likeness (QED) is 0.675. The lowest BCUT2D eigenvalue weighted by molar-refractivity contribution is -0.117. The normalized spacial score (nSPS) is 16.2. The zero-order valence-corrected chi connectivity index (χ0v) is 13.8. The molecule has 0 bridgehead atoms. The van der Waals surface area contributed by atoms with Gasteiger partial charge in [-0.25, -0.2) is 13.1 Å². The van der Waals surface area contributed by atoms with Crippen LogP contribution in [0.4, 0.5) is 5.69 Å². The van der Waals surface area contributed by atoms with Gasteiger partial charge in [0.25, 0.3) is 0 Å². The summed E-state index contributed by atoms with van der Waals surface area (Å²) in [5, 5.41) is 2.76. The van der Waals surface area contributed by atoms with Gasteiger partial charge in [0, 0.05) is 38.4 Å². The fourth-order valence-corrected chi connectivity index (χ4v) is 3.54. The maximum absolute atomic E-state index is 12.1. The third-order valence-corrected chi connectivity index (χ3v) is 5.14. The van der Waals surface area contributed by atoms with Crippen molar-refractivity contribution in [3.05, 3.63) is 24.3 Å². The summed E-state index contributed by atoms with van der Waals surface area (Å²) in [5.41, 5.74) is 5.78. The number of ether oxygens (including phenoxy) is 1. The first kappa shape index (κ1) is 17.9. The van der Waals surface area contributed by atoms with E-state index in [9.17, 15) is 13.2 Å². The van der Waals surface area contributed by atoms with Gasteiger partial charge in [0.05, 0.1) is 4.90 Å². The molecule has 23 heavy (non-hydrogen) atoms. The summed E-state index contributed by atoms with van der Waals surface area (Å²) in [4.78, 5) is 12.2. The Morgan fingerprint density at radius 2 is 2.04 bits per heavy atom. The zero-order chi connectivity index (χ0) is 16.7. The molecule has 1 amide bonds. The van der Waals surface area contributed by atoms with E-state index < -0.39 is 10.0 Å². The molecule has 0 atom stereocenters. The highest BCUT2D eigenvalue weighted by molar-refractivity contribution is 7.89. The number of anilines is 1. The maximum atomic E-state index is 12.1. The Morgan fingerprint density at radius 1 is 1.30 bits per heavy atom. The highest BCUT2D eigenvalue weighted by Gasteiger charge is 2.18. The first-order valence-electron chi connectivity index (χ1n) is 7.68. The summed E-state index contributed by atoms with van der Waals surface area (Å²) in [6.45, 7) is 1.78. The average molecular weight is 341 g/mol. The molecule has 1 aromatic rings. The number of nitrogens with one attached hydrogen (secondary N) is 2. The fourth-order valence-electron chi connectivity index (χ4n) is 2.44. The zero-order valence-electron chi connectivity index (χ0n) is 13.0. The van der Waals surface area contributed by atoms with Gasteiger partial charge in [-0.1, -0.05) is 6.07 Å². The second-order valence-corrected chi connectivity index (χ2v) is 7.29. The Morgan fingerprint density at radius 3 is 2.74 bits per heavy atom. The van der Waals surface area contributed by atoms with Crippen molar-refractivity contribution in [3.63, 3.8) is 0 Å². The second kappa shape index (κ2) is 8.39. The Labute approximate surface area is 136 Å². The lowest BCUT2D eigenvalue weighted by atomic mass is 9.96. The largest absolute Gasteiger partial charge is 0.381 e. The minimum Gasteiger partial charge on any atom is -0.381 e. The lowest BCUT2D eigenvalue weighted by Crippen LogP contribution is -2.29. The van der Waals surface area contributed by atoms with Crippen LogP contribution in [-0.4, -0.2) is 40.6 Å². The van der Waals surface area contributed by atoms with Crippen LogP contribution < -0.4 is 15.8 Å². The van der Waals surface area contributed by atoms with E-state index in [1.165, 1.54) is 12.1 Å². The number of sulfonamides is 1. The van der Waals surface area contributed by atoms with E-state index >= 15 is 0 Å². The van der Waals surface area contributed by atoms with Crippen molar-refractivity contribution in [2.24, 2.45) is 11.7 Å². The van der Waals surface area contributed by atoms with Crippen molar-refractivity contribution in [2.75, 3.05) is 31.6 Å². The number of amides is 1. The molecule has 128 valence electrons. The SMILES string of the molecule is NCCNS(=O)(=O)c1cccc(NC(=O)CC2CCOCC2)c1. The van der Waals surface area contributed by atoms with Crippen LogP contribution in [0, 0.1) is 5.92 Å². The lowest BCUT2D eigenvalue weighted by Gasteiger charge is -2.21. The van der Waals surface area contributed by atoms with Crippen molar-refractivity contribution < 1.29 is 17.9 Å². The maximum Gasteiger partial charge on any atom is 0.240 e. The molecule has 1 heterocycles. The third kappa shape index (κ3) is 5.58. The number of carbonyl (C=O) groups is 1. The summed E-state index contributed by atoms with van der Waals surface area (Å²) >= 11 is 0. The first-order chi connectivity index (χ1) is 11.0. The van der Waals surface area contributed by atoms with E-state index in [4.69, 9.17) is 10.5 Å². The van der Waals surface area contributed by atoms with Crippen LogP contribution >= 0.6 is 0 Å². The molecular formula is C15H23N3O4S. The van der Waals surface area contributed by atoms with Gasteiger partial charge in [0.15, 0.2) is 0 Å². The number of benzene rings is 1. The van der Waals surface area contributed by atoms with Crippen LogP contribution in [0.15, 0.2) is 29.2 Å². The Bertz CT molecular complexity index is 627. The van der Waals surface area contributed by atoms with Gasteiger partial charge in [0.2, 0.25) is 15.9 Å². The van der Waals surface area contributed by atoms with Gasteiger partial charge in [-0.15, -0.1) is 0 Å². The second-order valence-electron chi connectivity index (χ2n) is 5.52. The monoisotopic (exact) mass is 341 g/mol. The van der Waals surface area contributed by atoms with Crippen LogP contribution in [0.5, 0.6) is 0 Å². The van der Waals surface area contributed by atoms with E-state index in [0.29, 0.717) is 31.2 Å². The smallest absolute Gasteiger partial charge is 0.240 e. The van der Waals surface area contributed by atoms with Gasteiger partial charge in [0.1, 0.15) is 0 Å². The summed E-state index contributed by atoms with van der Waals surface area (Å²) in [5.74, 6) is 0.211. The minimum atomic E-state index is -3.61. The van der Waals surface area contributed by atoms with Gasteiger partial charge in [-0.3, -0.25) is 4.79 Å². The molecule has 0 spiro atoms. The van der Waals surface area contributed by atoms with Crippen molar-refractivity contribution in [3.8, 4) is 0 Å². The highest BCUT2D eigenvalue weighted by atomic mass is 32.2. The number of nitrogens with two attached hydrogens (primary N) is 1. The van der Waals surface area contributed by atoms with Crippen LogP contribution in [0.2, 0.25) is 0 Å². The molecule has 1 aliphatic heterocycles. The van der Waals surface area contributed by atoms with E-state index in [1.54, 1.807) is 12.1 Å². The molecule has 1 aromatic carbocycles. The molecule has 1 saturated heterocycles. The Balaban J connectivity index is 1.97. The molecule has 0 saturated carbocycles. The summed E-state index contributed by atoms with van der Waals surface area (Å²) in [7, 11) is -3.61. The van der Waals surface area contributed by atoms with E-state index in [0.717, 1.165) is 12.8 Å². The van der Waals surface area contributed by atoms with Crippen LogP contribution in [0.25, 0.3) is 0 Å². The number of hydrogen-bond donors (Lipinski definition) is 3. The summed E-state index contributed by atoms with van der Waals surface area (Å²) in [6, 6.07) is 6.19. The molecule has 1 aliphatic rings. The molecule has 0 radical (unpaired) electrons. The average Bonchev–Trinajstić information content (AvgIpc) is 2.54. The van der Waals surface area contributed by atoms with E-state index in [1.807, 2.05) is 0 Å². The van der Waals surface area contributed by atoms with Crippen molar-refractivity contribution in [2.45, 2.75) is 24.2 Å². The van der Waals surface area contributed by atoms with Crippen molar-refractivity contribution >= 4 is 21.6 Å². The number of hydrogen-bond acceptors (Lipinski definition) is 5. The molecule has 0 aromatic heterocycles. The van der Waals surface area contributed by atoms with Gasteiger partial charge >= 0.3 is 0 Å². The summed E-state index contributed by atoms with van der Waals surface area (Å²) < 4.78 is 31.8. The Hall–Kier alpha value is -1.48. The molecule has 0 unspecified atom stereocenters. The molecule has 2 rings (SSSR count). The van der Waals surface area contributed by atoms with E-state index in [2.05, 4.69) is 10.0 Å². The van der Waals surface area contributed by atoms with Crippen molar-refractivity contribution in [1.82, 2.24) is 4.72 Å². The van der Waals surface area contributed by atoms with Crippen molar-refractivity contribution in [1.29, 1.82) is 0 Å². The first-order valence-corrected chi connectivity index (χ1v) is 9.17. The molecule has 8 heteroatoms. The van der Waals surface area contributed by atoms with Gasteiger partial charge in [-0.2, -0.15) is 0 Å². The molecule has 7 nitrogen and oxygen atoms in total. The number of carbonyl (C=O) groups excluding carboxylic acids is 1. The predicted octanol–water partition coefficient (Wildman–Crippen LogP) is 0.679. The third-order valence-electron chi connectivity index (χ3n) is 3.68. The minimum absolute atomic E-state index is 0.106. The van der Waals surface area contributed by atoms with E-state index in [-0.39, 0.29) is 23.9 Å². The molecule has 0 aliphatic carbocycles. The van der Waals surface area contributed by atoms with Gasteiger partial charge < -0.3 is 15.8 Å². The predicted molar refractivity (Wildman–Crippen MR) is 87.5 cm³/mol. The fraction of sp³-hybridized carbons (Fsp3) is 0.533. The van der Waals surface area contributed by atoms with Crippen LogP contribution in [0.3, 0.4) is 0 Å². The highest BCUT2D eigenvalue weighted by Crippen LogP contribution is 2.20. The molecular weight excluding hydrogens is 318 g/mol. The number of rotatable bonds is 7.